The molecule has 0 bridgehead atoms. The Balaban J connectivity index is 2.12. The molecule has 0 radical (unpaired) electrons. The normalized spacial score (nSPS) is 12.1. The second-order valence-corrected chi connectivity index (χ2v) is 5.80. The van der Waals surface area contributed by atoms with Crippen molar-refractivity contribution in [1.82, 2.24) is 5.32 Å². The van der Waals surface area contributed by atoms with Crippen molar-refractivity contribution in [2.24, 2.45) is 0 Å². The minimum atomic E-state index is -0.337. The Morgan fingerprint density at radius 2 is 1.95 bits per heavy atom. The number of benzene rings is 2. The van der Waals surface area contributed by atoms with E-state index < -0.39 is 0 Å². The monoisotopic (exact) mass is 348 g/mol. The number of hydrogen-bond acceptors (Lipinski definition) is 3. The standard InChI is InChI=1S/C16H17BrN2O2/c1-11-13(6-5-9-16(11)19(20)21)10-18-12(2)14-7-3-4-8-15(14)17/h3-9,12,18H,10H2,1-2H3/t12-/m0/s1. The number of nitrogens with zero attached hydrogens (tertiary/aromatic N) is 1. The summed E-state index contributed by atoms with van der Waals surface area (Å²) in [5.41, 5.74) is 3.00. The molecule has 4 nitrogen and oxygen atoms in total. The van der Waals surface area contributed by atoms with Crippen molar-refractivity contribution >= 4 is 21.6 Å². The molecule has 0 saturated heterocycles. The zero-order valence-corrected chi connectivity index (χ0v) is 13.6. The van der Waals surface area contributed by atoms with Crippen molar-refractivity contribution in [2.75, 3.05) is 0 Å². The summed E-state index contributed by atoms with van der Waals surface area (Å²) in [4.78, 5) is 10.6. The third kappa shape index (κ3) is 3.68. The number of nitro benzene ring substituents is 1. The van der Waals surface area contributed by atoms with E-state index in [1.807, 2.05) is 24.3 Å². The van der Waals surface area contributed by atoms with E-state index >= 15 is 0 Å². The van der Waals surface area contributed by atoms with E-state index in [1.54, 1.807) is 13.0 Å². The summed E-state index contributed by atoms with van der Waals surface area (Å²) in [5, 5.41) is 14.4. The molecule has 2 rings (SSSR count). The van der Waals surface area contributed by atoms with E-state index in [0.29, 0.717) is 12.1 Å². The van der Waals surface area contributed by atoms with Crippen LogP contribution in [-0.4, -0.2) is 4.92 Å². The fourth-order valence-electron chi connectivity index (χ4n) is 2.26. The molecule has 0 amide bonds. The van der Waals surface area contributed by atoms with Gasteiger partial charge in [-0.3, -0.25) is 10.1 Å². The van der Waals surface area contributed by atoms with Crippen LogP contribution in [0.4, 0.5) is 5.69 Å². The van der Waals surface area contributed by atoms with Crippen LogP contribution in [0.5, 0.6) is 0 Å². The predicted molar refractivity (Wildman–Crippen MR) is 87.2 cm³/mol. The predicted octanol–water partition coefficient (Wildman–Crippen LogP) is 4.52. The van der Waals surface area contributed by atoms with E-state index in [0.717, 1.165) is 10.0 Å². The maximum Gasteiger partial charge on any atom is 0.272 e. The number of nitro groups is 1. The summed E-state index contributed by atoms with van der Waals surface area (Å²) >= 11 is 3.54. The number of hydrogen-bond donors (Lipinski definition) is 1. The van der Waals surface area contributed by atoms with Gasteiger partial charge in [-0.2, -0.15) is 0 Å². The van der Waals surface area contributed by atoms with E-state index in [4.69, 9.17) is 0 Å². The molecule has 21 heavy (non-hydrogen) atoms. The van der Waals surface area contributed by atoms with Crippen LogP contribution in [0, 0.1) is 17.0 Å². The molecule has 0 aliphatic heterocycles. The van der Waals surface area contributed by atoms with Gasteiger partial charge in [0.05, 0.1) is 4.92 Å². The third-order valence-corrected chi connectivity index (χ3v) is 4.31. The lowest BCUT2D eigenvalue weighted by Gasteiger charge is -2.16. The minimum absolute atomic E-state index is 0.152. The second kappa shape index (κ2) is 6.83. The molecule has 1 atom stereocenters. The molecular weight excluding hydrogens is 332 g/mol. The third-order valence-electron chi connectivity index (χ3n) is 3.58. The number of rotatable bonds is 5. The Kier molecular flexibility index (Phi) is 5.09. The van der Waals surface area contributed by atoms with Crippen molar-refractivity contribution in [3.05, 3.63) is 73.7 Å². The average molecular weight is 349 g/mol. The van der Waals surface area contributed by atoms with Crippen molar-refractivity contribution in [1.29, 1.82) is 0 Å². The molecule has 0 unspecified atom stereocenters. The SMILES string of the molecule is Cc1c(CN[C@@H](C)c2ccccc2Br)cccc1[N+](=O)[O-]. The molecule has 0 aromatic heterocycles. The Labute approximate surface area is 132 Å². The molecule has 0 saturated carbocycles. The molecule has 0 aliphatic carbocycles. The van der Waals surface area contributed by atoms with Gasteiger partial charge in [-0.25, -0.2) is 0 Å². The molecule has 2 aromatic rings. The first-order valence-electron chi connectivity index (χ1n) is 6.71. The quantitative estimate of drug-likeness (QED) is 0.638. The van der Waals surface area contributed by atoms with Gasteiger partial charge >= 0.3 is 0 Å². The van der Waals surface area contributed by atoms with E-state index in [2.05, 4.69) is 34.2 Å². The topological polar surface area (TPSA) is 55.2 Å². The van der Waals surface area contributed by atoms with Crippen molar-refractivity contribution in [3.8, 4) is 0 Å². The summed E-state index contributed by atoms with van der Waals surface area (Å²) < 4.78 is 1.06. The molecule has 0 heterocycles. The Morgan fingerprint density at radius 3 is 2.62 bits per heavy atom. The van der Waals surface area contributed by atoms with Gasteiger partial charge in [-0.05, 0) is 31.0 Å². The fourth-order valence-corrected chi connectivity index (χ4v) is 2.89. The zero-order chi connectivity index (χ0) is 15.4. The number of halogens is 1. The largest absolute Gasteiger partial charge is 0.306 e. The van der Waals surface area contributed by atoms with Crippen LogP contribution in [0.3, 0.4) is 0 Å². The zero-order valence-electron chi connectivity index (χ0n) is 12.0. The van der Waals surface area contributed by atoms with Crippen molar-refractivity contribution in [2.45, 2.75) is 26.4 Å². The first kappa shape index (κ1) is 15.7. The molecule has 0 spiro atoms. The van der Waals surface area contributed by atoms with Gasteiger partial charge in [0.25, 0.3) is 5.69 Å². The van der Waals surface area contributed by atoms with Crippen LogP contribution in [0.2, 0.25) is 0 Å². The van der Waals surface area contributed by atoms with Gasteiger partial charge in [0, 0.05) is 28.7 Å². The van der Waals surface area contributed by atoms with Crippen LogP contribution in [0.1, 0.15) is 29.7 Å². The van der Waals surface area contributed by atoms with Crippen LogP contribution in [-0.2, 0) is 6.54 Å². The van der Waals surface area contributed by atoms with Crippen LogP contribution in [0.15, 0.2) is 46.9 Å². The van der Waals surface area contributed by atoms with E-state index in [9.17, 15) is 10.1 Å². The molecule has 0 aliphatic rings. The number of nitrogens with one attached hydrogen (secondary N) is 1. The summed E-state index contributed by atoms with van der Waals surface area (Å²) in [5.74, 6) is 0. The molecule has 5 heteroatoms. The second-order valence-electron chi connectivity index (χ2n) is 4.94. The van der Waals surface area contributed by atoms with Crippen molar-refractivity contribution < 1.29 is 4.92 Å². The van der Waals surface area contributed by atoms with Gasteiger partial charge in [0.15, 0.2) is 0 Å². The first-order chi connectivity index (χ1) is 10.0. The van der Waals surface area contributed by atoms with Crippen LogP contribution < -0.4 is 5.32 Å². The molecule has 0 fully saturated rings. The summed E-state index contributed by atoms with van der Waals surface area (Å²) in [6.45, 7) is 4.46. The highest BCUT2D eigenvalue weighted by Gasteiger charge is 2.14. The Hall–Kier alpha value is -1.72. The van der Waals surface area contributed by atoms with Gasteiger partial charge in [0.2, 0.25) is 0 Å². The fraction of sp³-hybridized carbons (Fsp3) is 0.250. The molecule has 2 aromatic carbocycles. The highest BCUT2D eigenvalue weighted by molar-refractivity contribution is 9.10. The molecular formula is C16H17BrN2O2. The summed E-state index contributed by atoms with van der Waals surface area (Å²) in [7, 11) is 0. The van der Waals surface area contributed by atoms with Crippen molar-refractivity contribution in [3.63, 3.8) is 0 Å². The van der Waals surface area contributed by atoms with Gasteiger partial charge in [0.1, 0.15) is 0 Å². The highest BCUT2D eigenvalue weighted by Crippen LogP contribution is 2.24. The van der Waals surface area contributed by atoms with Gasteiger partial charge < -0.3 is 5.32 Å². The van der Waals surface area contributed by atoms with Gasteiger partial charge in [-0.1, -0.05) is 46.3 Å². The van der Waals surface area contributed by atoms with Crippen LogP contribution in [0.25, 0.3) is 0 Å². The average Bonchev–Trinajstić information content (AvgIpc) is 2.46. The molecule has 110 valence electrons. The first-order valence-corrected chi connectivity index (χ1v) is 7.50. The lowest BCUT2D eigenvalue weighted by molar-refractivity contribution is -0.385. The summed E-state index contributed by atoms with van der Waals surface area (Å²) in [6.07, 6.45) is 0. The smallest absolute Gasteiger partial charge is 0.272 e. The maximum atomic E-state index is 11.0. The van der Waals surface area contributed by atoms with E-state index in [-0.39, 0.29) is 16.7 Å². The lowest BCUT2D eigenvalue weighted by atomic mass is 10.1. The Morgan fingerprint density at radius 1 is 1.24 bits per heavy atom. The van der Waals surface area contributed by atoms with E-state index in [1.165, 1.54) is 11.6 Å². The summed E-state index contributed by atoms with van der Waals surface area (Å²) in [6, 6.07) is 13.4. The van der Waals surface area contributed by atoms with Crippen LogP contribution >= 0.6 is 15.9 Å². The lowest BCUT2D eigenvalue weighted by Crippen LogP contribution is -2.19. The molecule has 1 N–H and O–H groups in total. The van der Waals surface area contributed by atoms with Gasteiger partial charge in [-0.15, -0.1) is 0 Å². The highest BCUT2D eigenvalue weighted by atomic mass is 79.9. The Bertz CT molecular complexity index is 658. The maximum absolute atomic E-state index is 11.0. The minimum Gasteiger partial charge on any atom is -0.306 e.